The van der Waals surface area contributed by atoms with E-state index in [9.17, 15) is 4.79 Å². The van der Waals surface area contributed by atoms with Gasteiger partial charge in [0.05, 0.1) is 19.9 Å². The molecule has 0 radical (unpaired) electrons. The first-order chi connectivity index (χ1) is 13.7. The third-order valence-corrected chi connectivity index (χ3v) is 3.76. The minimum atomic E-state index is -0.353. The summed E-state index contributed by atoms with van der Waals surface area (Å²) in [5, 5.41) is 20.8. The normalized spacial score (nSPS) is 10.2. The zero-order valence-electron chi connectivity index (χ0n) is 15.5. The van der Waals surface area contributed by atoms with E-state index in [1.165, 1.54) is 7.11 Å². The van der Waals surface area contributed by atoms with Crippen molar-refractivity contribution in [2.24, 2.45) is 0 Å². The first-order valence-corrected chi connectivity index (χ1v) is 8.54. The lowest BCUT2D eigenvalue weighted by atomic mass is 10.2. The summed E-state index contributed by atoms with van der Waals surface area (Å²) in [5.74, 6) is 2.39. The van der Waals surface area contributed by atoms with Crippen molar-refractivity contribution in [3.8, 4) is 17.3 Å². The fourth-order valence-corrected chi connectivity index (χ4v) is 2.39. The number of ether oxygens (including phenoxy) is 2. The topological polar surface area (TPSA) is 115 Å². The van der Waals surface area contributed by atoms with E-state index >= 15 is 0 Å². The Hall–Kier alpha value is -3.82. The van der Waals surface area contributed by atoms with Crippen molar-refractivity contribution in [2.75, 3.05) is 37.9 Å². The van der Waals surface area contributed by atoms with E-state index < -0.39 is 0 Å². The Balaban J connectivity index is 1.44. The maximum atomic E-state index is 12.1. The highest BCUT2D eigenvalue weighted by Gasteiger charge is 2.08. The summed E-state index contributed by atoms with van der Waals surface area (Å²) in [6.07, 6.45) is 3.46. The van der Waals surface area contributed by atoms with Crippen LogP contribution in [0.25, 0.3) is 5.82 Å². The molecule has 0 unspecified atom stereocenters. The lowest BCUT2D eigenvalue weighted by Crippen LogP contribution is -2.32. The van der Waals surface area contributed by atoms with Gasteiger partial charge in [0.25, 0.3) is 0 Å². The van der Waals surface area contributed by atoms with Gasteiger partial charge in [0.1, 0.15) is 17.3 Å². The van der Waals surface area contributed by atoms with Crippen molar-refractivity contribution in [3.63, 3.8) is 0 Å². The predicted molar refractivity (Wildman–Crippen MR) is 104 cm³/mol. The van der Waals surface area contributed by atoms with Crippen LogP contribution in [0.2, 0.25) is 0 Å². The molecule has 0 spiro atoms. The molecule has 0 aliphatic rings. The predicted octanol–water partition coefficient (Wildman–Crippen LogP) is 1.91. The van der Waals surface area contributed by atoms with Crippen LogP contribution in [-0.4, -0.2) is 53.3 Å². The van der Waals surface area contributed by atoms with Crippen molar-refractivity contribution < 1.29 is 14.3 Å². The van der Waals surface area contributed by atoms with Crippen LogP contribution in [0.15, 0.2) is 48.8 Å². The van der Waals surface area contributed by atoms with Gasteiger partial charge in [-0.15, -0.1) is 10.2 Å². The summed E-state index contributed by atoms with van der Waals surface area (Å²) >= 11 is 0. The summed E-state index contributed by atoms with van der Waals surface area (Å²) in [6.45, 7) is 0.874. The second-order valence-corrected chi connectivity index (χ2v) is 5.60. The molecule has 0 fully saturated rings. The van der Waals surface area contributed by atoms with Crippen LogP contribution in [0.3, 0.4) is 0 Å². The van der Waals surface area contributed by atoms with Gasteiger partial charge in [0.2, 0.25) is 0 Å². The van der Waals surface area contributed by atoms with Gasteiger partial charge >= 0.3 is 6.03 Å². The molecule has 1 aromatic carbocycles. The molecule has 0 aliphatic heterocycles. The molecule has 3 rings (SSSR count). The van der Waals surface area contributed by atoms with Crippen molar-refractivity contribution in [3.05, 3.63) is 48.8 Å². The number of hydrogen-bond donors (Lipinski definition) is 3. The van der Waals surface area contributed by atoms with Crippen molar-refractivity contribution in [1.82, 2.24) is 25.3 Å². The van der Waals surface area contributed by atoms with Crippen LogP contribution in [0.5, 0.6) is 11.5 Å². The van der Waals surface area contributed by atoms with Crippen molar-refractivity contribution in [2.45, 2.75) is 0 Å². The molecule has 0 saturated carbocycles. The first-order valence-electron chi connectivity index (χ1n) is 8.54. The summed E-state index contributed by atoms with van der Waals surface area (Å²) in [5.41, 5.74) is 0.521. The molecule has 0 bridgehead atoms. The van der Waals surface area contributed by atoms with E-state index in [4.69, 9.17) is 9.47 Å². The molecular formula is C18H21N7O3. The lowest BCUT2D eigenvalue weighted by Gasteiger charge is -2.12. The Bertz CT molecular complexity index is 898. The molecule has 146 valence electrons. The van der Waals surface area contributed by atoms with Gasteiger partial charge in [0, 0.05) is 31.5 Å². The highest BCUT2D eigenvalue weighted by atomic mass is 16.5. The number of urea groups is 1. The maximum Gasteiger partial charge on any atom is 0.319 e. The minimum absolute atomic E-state index is 0.353. The molecule has 2 aromatic heterocycles. The number of nitrogens with one attached hydrogen (secondary N) is 3. The molecule has 28 heavy (non-hydrogen) atoms. The number of benzene rings is 1. The van der Waals surface area contributed by atoms with Crippen LogP contribution < -0.4 is 25.4 Å². The van der Waals surface area contributed by atoms with Gasteiger partial charge in [-0.05, 0) is 30.3 Å². The Morgan fingerprint density at radius 3 is 2.68 bits per heavy atom. The highest BCUT2D eigenvalue weighted by molar-refractivity contribution is 5.91. The Kier molecular flexibility index (Phi) is 6.24. The number of nitrogens with zero attached hydrogens (tertiary/aromatic N) is 4. The average molecular weight is 383 g/mol. The Labute approximate surface area is 161 Å². The van der Waals surface area contributed by atoms with E-state index in [2.05, 4.69) is 31.2 Å². The van der Waals surface area contributed by atoms with E-state index in [1.54, 1.807) is 54.5 Å². The zero-order chi connectivity index (χ0) is 19.8. The van der Waals surface area contributed by atoms with E-state index in [0.717, 1.165) is 0 Å². The van der Waals surface area contributed by atoms with Gasteiger partial charge in [-0.25, -0.2) is 9.48 Å². The van der Waals surface area contributed by atoms with Crippen LogP contribution >= 0.6 is 0 Å². The molecule has 2 amide bonds. The minimum Gasteiger partial charge on any atom is -0.497 e. The van der Waals surface area contributed by atoms with Gasteiger partial charge in [-0.3, -0.25) is 0 Å². The number of anilines is 2. The number of aromatic nitrogens is 4. The summed E-state index contributed by atoms with van der Waals surface area (Å²) in [7, 11) is 3.09. The Morgan fingerprint density at radius 1 is 1.11 bits per heavy atom. The average Bonchev–Trinajstić information content (AvgIpc) is 3.26. The molecular weight excluding hydrogens is 362 g/mol. The molecule has 2 heterocycles. The summed E-state index contributed by atoms with van der Waals surface area (Å²) in [6, 6.07) is 10.2. The quantitative estimate of drug-likeness (QED) is 0.509. The standard InChI is InChI=1S/C18H21N7O3/c1-27-13-4-5-15(28-2)14(12-13)22-18(26)20-10-9-19-16-6-7-17(24-23-16)25-11-3-8-21-25/h3-8,11-12H,9-10H2,1-2H3,(H,19,23)(H2,20,22,26). The third-order valence-electron chi connectivity index (χ3n) is 3.76. The number of methoxy groups -OCH3 is 2. The van der Waals surface area contributed by atoms with Crippen LogP contribution in [-0.2, 0) is 0 Å². The van der Waals surface area contributed by atoms with Gasteiger partial charge < -0.3 is 25.4 Å². The number of amides is 2. The van der Waals surface area contributed by atoms with Crippen LogP contribution in [0.4, 0.5) is 16.3 Å². The smallest absolute Gasteiger partial charge is 0.319 e. The monoisotopic (exact) mass is 383 g/mol. The first kappa shape index (κ1) is 19.0. The molecule has 0 saturated heterocycles. The molecule has 3 aromatic rings. The fraction of sp³-hybridized carbons (Fsp3) is 0.222. The number of hydrogen-bond acceptors (Lipinski definition) is 7. The molecule has 10 nitrogen and oxygen atoms in total. The van der Waals surface area contributed by atoms with Crippen LogP contribution in [0, 0.1) is 0 Å². The highest BCUT2D eigenvalue weighted by Crippen LogP contribution is 2.28. The van der Waals surface area contributed by atoms with Gasteiger partial charge in [0.15, 0.2) is 5.82 Å². The van der Waals surface area contributed by atoms with Crippen LogP contribution in [0.1, 0.15) is 0 Å². The van der Waals surface area contributed by atoms with E-state index in [0.29, 0.717) is 41.9 Å². The largest absolute Gasteiger partial charge is 0.497 e. The molecule has 10 heteroatoms. The zero-order valence-corrected chi connectivity index (χ0v) is 15.5. The van der Waals surface area contributed by atoms with E-state index in [1.807, 2.05) is 6.07 Å². The SMILES string of the molecule is COc1ccc(OC)c(NC(=O)NCCNc2ccc(-n3cccn3)nn2)c1. The van der Waals surface area contributed by atoms with Crippen molar-refractivity contribution in [1.29, 1.82) is 0 Å². The van der Waals surface area contributed by atoms with E-state index in [-0.39, 0.29) is 6.03 Å². The van der Waals surface area contributed by atoms with Gasteiger partial charge in [-0.1, -0.05) is 0 Å². The lowest BCUT2D eigenvalue weighted by molar-refractivity contribution is 0.252. The second kappa shape index (κ2) is 9.21. The molecule has 0 atom stereocenters. The molecule has 0 aliphatic carbocycles. The molecule has 3 N–H and O–H groups in total. The number of rotatable bonds is 8. The van der Waals surface area contributed by atoms with Crippen molar-refractivity contribution >= 4 is 17.5 Å². The Morgan fingerprint density at radius 2 is 2.00 bits per heavy atom. The number of carbonyl (C=O) groups is 1. The summed E-state index contributed by atoms with van der Waals surface area (Å²) in [4.78, 5) is 12.1. The summed E-state index contributed by atoms with van der Waals surface area (Å²) < 4.78 is 12.0. The third kappa shape index (κ3) is 4.87. The van der Waals surface area contributed by atoms with Gasteiger partial charge in [-0.2, -0.15) is 5.10 Å². The maximum absolute atomic E-state index is 12.1. The second-order valence-electron chi connectivity index (χ2n) is 5.60. The number of carbonyl (C=O) groups excluding carboxylic acids is 1. The fourth-order valence-electron chi connectivity index (χ4n) is 2.39.